The Labute approximate surface area is 101 Å². The lowest BCUT2D eigenvalue weighted by atomic mass is 9.93. The highest BCUT2D eigenvalue weighted by molar-refractivity contribution is 5.97. The van der Waals surface area contributed by atoms with Gasteiger partial charge in [0.25, 0.3) is 0 Å². The van der Waals surface area contributed by atoms with Gasteiger partial charge in [0.15, 0.2) is 5.78 Å². The van der Waals surface area contributed by atoms with Gasteiger partial charge in [-0.3, -0.25) is 9.69 Å². The van der Waals surface area contributed by atoms with Crippen LogP contribution in [-0.2, 0) is 0 Å². The van der Waals surface area contributed by atoms with Crippen LogP contribution in [0, 0.1) is 11.2 Å². The van der Waals surface area contributed by atoms with E-state index in [1.807, 2.05) is 0 Å². The van der Waals surface area contributed by atoms with E-state index >= 15 is 0 Å². The van der Waals surface area contributed by atoms with Crippen molar-refractivity contribution < 1.29 is 9.18 Å². The molecule has 0 aromatic heterocycles. The fraction of sp³-hybridized carbons (Fsp3) is 0.500. The zero-order valence-corrected chi connectivity index (χ0v) is 10.4. The summed E-state index contributed by atoms with van der Waals surface area (Å²) in [6, 6.07) is 5.78. The topological polar surface area (TPSA) is 20.3 Å². The summed E-state index contributed by atoms with van der Waals surface area (Å²) < 4.78 is 12.7. The molecule has 0 unspecified atom stereocenters. The molecular weight excluding hydrogens is 217 g/mol. The highest BCUT2D eigenvalue weighted by atomic mass is 19.1. The van der Waals surface area contributed by atoms with E-state index in [-0.39, 0.29) is 11.6 Å². The molecule has 2 rings (SSSR count). The molecule has 3 heteroatoms. The number of ketones is 1. The van der Waals surface area contributed by atoms with E-state index in [0.29, 0.717) is 17.5 Å². The van der Waals surface area contributed by atoms with Crippen molar-refractivity contribution in [1.29, 1.82) is 0 Å². The standard InChI is InChI=1S/C14H18FNO/c1-14(2)7-8-16(10-14)9-13(17)11-3-5-12(15)6-4-11/h3-6H,7-10H2,1-2H3. The summed E-state index contributed by atoms with van der Waals surface area (Å²) in [5, 5.41) is 0. The fourth-order valence-corrected chi connectivity index (χ4v) is 2.29. The van der Waals surface area contributed by atoms with E-state index in [4.69, 9.17) is 0 Å². The van der Waals surface area contributed by atoms with Gasteiger partial charge in [-0.25, -0.2) is 4.39 Å². The molecule has 0 amide bonds. The lowest BCUT2D eigenvalue weighted by molar-refractivity contribution is 0.0940. The first-order valence-electron chi connectivity index (χ1n) is 5.97. The van der Waals surface area contributed by atoms with Crippen molar-refractivity contribution in [2.45, 2.75) is 20.3 Å². The van der Waals surface area contributed by atoms with Gasteiger partial charge in [0.05, 0.1) is 6.54 Å². The van der Waals surface area contributed by atoms with Gasteiger partial charge in [-0.1, -0.05) is 13.8 Å². The van der Waals surface area contributed by atoms with Gasteiger partial charge in [-0.15, -0.1) is 0 Å². The van der Waals surface area contributed by atoms with E-state index in [0.717, 1.165) is 19.5 Å². The first-order valence-corrected chi connectivity index (χ1v) is 5.97. The molecule has 0 aliphatic carbocycles. The predicted octanol–water partition coefficient (Wildman–Crippen LogP) is 2.74. The summed E-state index contributed by atoms with van der Waals surface area (Å²) in [7, 11) is 0. The molecule has 0 saturated carbocycles. The Morgan fingerprint density at radius 3 is 2.53 bits per heavy atom. The number of carbonyl (C=O) groups is 1. The van der Waals surface area contributed by atoms with Gasteiger partial charge in [0.1, 0.15) is 5.82 Å². The number of benzene rings is 1. The number of halogens is 1. The van der Waals surface area contributed by atoms with Gasteiger partial charge in [0.2, 0.25) is 0 Å². The molecule has 1 aromatic carbocycles. The van der Waals surface area contributed by atoms with Crippen molar-refractivity contribution in [3.63, 3.8) is 0 Å². The zero-order valence-electron chi connectivity index (χ0n) is 10.4. The van der Waals surface area contributed by atoms with Gasteiger partial charge < -0.3 is 0 Å². The van der Waals surface area contributed by atoms with E-state index in [9.17, 15) is 9.18 Å². The molecule has 1 aliphatic rings. The number of hydrogen-bond acceptors (Lipinski definition) is 2. The average Bonchev–Trinajstić information content (AvgIpc) is 2.59. The molecule has 0 N–H and O–H groups in total. The molecule has 0 spiro atoms. The van der Waals surface area contributed by atoms with Crippen molar-refractivity contribution in [1.82, 2.24) is 4.90 Å². The van der Waals surface area contributed by atoms with Crippen molar-refractivity contribution in [2.75, 3.05) is 19.6 Å². The molecule has 17 heavy (non-hydrogen) atoms. The monoisotopic (exact) mass is 235 g/mol. The Morgan fingerprint density at radius 2 is 2.00 bits per heavy atom. The number of nitrogens with zero attached hydrogens (tertiary/aromatic N) is 1. The summed E-state index contributed by atoms with van der Waals surface area (Å²) in [6.45, 7) is 6.81. The third-order valence-corrected chi connectivity index (χ3v) is 3.29. The minimum atomic E-state index is -0.302. The molecule has 2 nitrogen and oxygen atoms in total. The van der Waals surface area contributed by atoms with Crippen LogP contribution < -0.4 is 0 Å². The number of carbonyl (C=O) groups excluding carboxylic acids is 1. The molecule has 1 aromatic rings. The maximum Gasteiger partial charge on any atom is 0.176 e. The third-order valence-electron chi connectivity index (χ3n) is 3.29. The van der Waals surface area contributed by atoms with Crippen LogP contribution >= 0.6 is 0 Å². The minimum Gasteiger partial charge on any atom is -0.295 e. The Kier molecular flexibility index (Phi) is 3.29. The molecule has 0 radical (unpaired) electrons. The lowest BCUT2D eigenvalue weighted by Gasteiger charge is -2.18. The second-order valence-electron chi connectivity index (χ2n) is 5.55. The smallest absolute Gasteiger partial charge is 0.176 e. The number of likely N-dealkylation sites (tertiary alicyclic amines) is 1. The molecule has 0 bridgehead atoms. The Hall–Kier alpha value is -1.22. The minimum absolute atomic E-state index is 0.0719. The largest absolute Gasteiger partial charge is 0.295 e. The molecule has 1 aliphatic heterocycles. The van der Waals surface area contributed by atoms with Gasteiger partial charge in [0, 0.05) is 12.1 Å². The van der Waals surface area contributed by atoms with Crippen molar-refractivity contribution >= 4 is 5.78 Å². The second-order valence-corrected chi connectivity index (χ2v) is 5.55. The third kappa shape index (κ3) is 3.13. The summed E-state index contributed by atoms with van der Waals surface area (Å²) in [5.41, 5.74) is 0.902. The van der Waals surface area contributed by atoms with E-state index in [2.05, 4.69) is 18.7 Å². The Morgan fingerprint density at radius 1 is 1.35 bits per heavy atom. The molecule has 92 valence electrons. The molecule has 1 fully saturated rings. The quantitative estimate of drug-likeness (QED) is 0.751. The Balaban J connectivity index is 1.96. The van der Waals surface area contributed by atoms with Gasteiger partial charge in [-0.2, -0.15) is 0 Å². The summed E-state index contributed by atoms with van der Waals surface area (Å²) in [4.78, 5) is 14.1. The zero-order chi connectivity index (χ0) is 12.5. The van der Waals surface area contributed by atoms with E-state index in [1.165, 1.54) is 12.1 Å². The summed E-state index contributed by atoms with van der Waals surface area (Å²) >= 11 is 0. The molecule has 1 heterocycles. The van der Waals surface area contributed by atoms with Gasteiger partial charge in [-0.05, 0) is 42.6 Å². The highest BCUT2D eigenvalue weighted by Gasteiger charge is 2.30. The van der Waals surface area contributed by atoms with E-state index < -0.39 is 0 Å². The maximum atomic E-state index is 12.7. The first kappa shape index (κ1) is 12.2. The predicted molar refractivity (Wildman–Crippen MR) is 65.6 cm³/mol. The molecule has 0 atom stereocenters. The van der Waals surface area contributed by atoms with Crippen molar-refractivity contribution in [2.24, 2.45) is 5.41 Å². The van der Waals surface area contributed by atoms with Crippen LogP contribution in [0.1, 0.15) is 30.6 Å². The maximum absolute atomic E-state index is 12.7. The van der Waals surface area contributed by atoms with Crippen LogP contribution in [-0.4, -0.2) is 30.3 Å². The first-order chi connectivity index (χ1) is 7.96. The number of rotatable bonds is 3. The number of hydrogen-bond donors (Lipinski definition) is 0. The van der Waals surface area contributed by atoms with Crippen LogP contribution in [0.2, 0.25) is 0 Å². The van der Waals surface area contributed by atoms with Crippen molar-refractivity contribution in [3.8, 4) is 0 Å². The Bertz CT molecular complexity index is 411. The summed E-state index contributed by atoms with van der Waals surface area (Å²) in [6.07, 6.45) is 1.13. The van der Waals surface area contributed by atoms with Crippen LogP contribution in [0.5, 0.6) is 0 Å². The second kappa shape index (κ2) is 4.57. The normalized spacial score (nSPS) is 19.5. The highest BCUT2D eigenvalue weighted by Crippen LogP contribution is 2.28. The molecular formula is C14H18FNO. The lowest BCUT2D eigenvalue weighted by Crippen LogP contribution is -2.29. The van der Waals surface area contributed by atoms with Crippen LogP contribution in [0.3, 0.4) is 0 Å². The average molecular weight is 235 g/mol. The van der Waals surface area contributed by atoms with Crippen LogP contribution in [0.15, 0.2) is 24.3 Å². The summed E-state index contributed by atoms with van der Waals surface area (Å²) in [5.74, 6) is -0.230. The van der Waals surface area contributed by atoms with Gasteiger partial charge >= 0.3 is 0 Å². The van der Waals surface area contributed by atoms with Crippen molar-refractivity contribution in [3.05, 3.63) is 35.6 Å². The van der Waals surface area contributed by atoms with E-state index in [1.54, 1.807) is 12.1 Å². The fourth-order valence-electron chi connectivity index (χ4n) is 2.29. The number of Topliss-reactive ketones (excluding diaryl/α,β-unsaturated/α-hetero) is 1. The SMILES string of the molecule is CC1(C)CCN(CC(=O)c2ccc(F)cc2)C1. The van der Waals surface area contributed by atoms with Crippen LogP contribution in [0.4, 0.5) is 4.39 Å². The molecule has 1 saturated heterocycles. The van der Waals surface area contributed by atoms with Crippen LogP contribution in [0.25, 0.3) is 0 Å².